The fourth-order valence-electron chi connectivity index (χ4n) is 3.18. The van der Waals surface area contributed by atoms with Crippen LogP contribution in [0.4, 0.5) is 4.79 Å². The third kappa shape index (κ3) is 8.68. The summed E-state index contributed by atoms with van der Waals surface area (Å²) in [6.07, 6.45) is 4.54. The van der Waals surface area contributed by atoms with Crippen molar-refractivity contribution in [3.8, 4) is 0 Å². The normalized spacial score (nSPS) is 15.1. The van der Waals surface area contributed by atoms with Gasteiger partial charge in [-0.05, 0) is 52.2 Å². The van der Waals surface area contributed by atoms with Gasteiger partial charge in [-0.15, -0.1) is 0 Å². The Morgan fingerprint density at radius 2 is 1.90 bits per heavy atom. The number of rotatable bonds is 6. The Balaban J connectivity index is 1.67. The highest BCUT2D eigenvalue weighted by molar-refractivity contribution is 5.91. The van der Waals surface area contributed by atoms with Crippen LogP contribution >= 0.6 is 0 Å². The molecule has 30 heavy (non-hydrogen) atoms. The zero-order valence-electron chi connectivity index (χ0n) is 18.4. The standard InChI is InChI=1S/C23H33N3O4/c1-17-6-5-7-18(16-17)8-9-21(28)26-14-11-19(12-15-26)25-20(27)10-13-24-22(29)30-23(2,3)4/h5-9,16,19H,10-15H2,1-4H3,(H,24,29)(H,25,27)/b9-8+. The highest BCUT2D eigenvalue weighted by Gasteiger charge is 2.23. The van der Waals surface area contributed by atoms with E-state index in [-0.39, 0.29) is 30.8 Å². The van der Waals surface area contributed by atoms with Crippen LogP contribution in [-0.4, -0.2) is 54.1 Å². The highest BCUT2D eigenvalue weighted by atomic mass is 16.6. The second-order valence-corrected chi connectivity index (χ2v) is 8.59. The third-order valence-electron chi connectivity index (χ3n) is 4.65. The summed E-state index contributed by atoms with van der Waals surface area (Å²) in [5, 5.41) is 5.56. The summed E-state index contributed by atoms with van der Waals surface area (Å²) in [6, 6.07) is 8.03. The number of hydrogen-bond donors (Lipinski definition) is 2. The van der Waals surface area contributed by atoms with Crippen molar-refractivity contribution in [1.29, 1.82) is 0 Å². The van der Waals surface area contributed by atoms with Gasteiger partial charge >= 0.3 is 6.09 Å². The summed E-state index contributed by atoms with van der Waals surface area (Å²) < 4.78 is 5.13. The van der Waals surface area contributed by atoms with Crippen molar-refractivity contribution in [2.45, 2.75) is 58.6 Å². The van der Waals surface area contributed by atoms with Gasteiger partial charge in [0, 0.05) is 38.2 Å². The van der Waals surface area contributed by atoms with Gasteiger partial charge < -0.3 is 20.3 Å². The number of hydrogen-bond acceptors (Lipinski definition) is 4. The van der Waals surface area contributed by atoms with E-state index in [9.17, 15) is 14.4 Å². The maximum absolute atomic E-state index is 12.4. The summed E-state index contributed by atoms with van der Waals surface area (Å²) in [6.45, 7) is 8.82. The first kappa shape index (κ1) is 23.4. The summed E-state index contributed by atoms with van der Waals surface area (Å²) >= 11 is 0. The zero-order valence-corrected chi connectivity index (χ0v) is 18.4. The van der Waals surface area contributed by atoms with Crippen LogP contribution < -0.4 is 10.6 Å². The molecule has 2 rings (SSSR count). The molecule has 1 aliphatic rings. The molecule has 0 radical (unpaired) electrons. The van der Waals surface area contributed by atoms with E-state index in [1.54, 1.807) is 31.7 Å². The third-order valence-corrected chi connectivity index (χ3v) is 4.65. The number of alkyl carbamates (subject to hydrolysis) is 1. The van der Waals surface area contributed by atoms with E-state index in [0.717, 1.165) is 24.0 Å². The van der Waals surface area contributed by atoms with Crippen LogP contribution in [-0.2, 0) is 14.3 Å². The Labute approximate surface area is 178 Å². The van der Waals surface area contributed by atoms with Crippen molar-refractivity contribution in [3.63, 3.8) is 0 Å². The number of carbonyl (C=O) groups is 3. The number of likely N-dealkylation sites (tertiary alicyclic amines) is 1. The van der Waals surface area contributed by atoms with Crippen molar-refractivity contribution in [3.05, 3.63) is 41.5 Å². The monoisotopic (exact) mass is 415 g/mol. The lowest BCUT2D eigenvalue weighted by atomic mass is 10.0. The number of piperidine rings is 1. The van der Waals surface area contributed by atoms with E-state index in [0.29, 0.717) is 13.1 Å². The molecule has 3 amide bonds. The molecule has 0 aromatic heterocycles. The van der Waals surface area contributed by atoms with Crippen LogP contribution in [0, 0.1) is 6.92 Å². The molecule has 7 nitrogen and oxygen atoms in total. The molecule has 7 heteroatoms. The Hall–Kier alpha value is -2.83. The average molecular weight is 416 g/mol. The lowest BCUT2D eigenvalue weighted by Crippen LogP contribution is -2.46. The molecule has 0 spiro atoms. The van der Waals surface area contributed by atoms with Crippen LogP contribution in [0.2, 0.25) is 0 Å². The number of benzene rings is 1. The van der Waals surface area contributed by atoms with Gasteiger partial charge in [0.2, 0.25) is 11.8 Å². The van der Waals surface area contributed by atoms with E-state index >= 15 is 0 Å². The second-order valence-electron chi connectivity index (χ2n) is 8.59. The largest absolute Gasteiger partial charge is 0.444 e. The minimum Gasteiger partial charge on any atom is -0.444 e. The Morgan fingerprint density at radius 3 is 2.53 bits per heavy atom. The number of carbonyl (C=O) groups excluding carboxylic acids is 3. The smallest absolute Gasteiger partial charge is 0.407 e. The minimum absolute atomic E-state index is 0.0113. The van der Waals surface area contributed by atoms with Crippen LogP contribution in [0.5, 0.6) is 0 Å². The van der Waals surface area contributed by atoms with Gasteiger partial charge in [0.05, 0.1) is 0 Å². The first-order valence-corrected chi connectivity index (χ1v) is 10.4. The molecule has 1 aromatic carbocycles. The Kier molecular flexibility index (Phi) is 8.45. The van der Waals surface area contributed by atoms with Gasteiger partial charge in [0.15, 0.2) is 0 Å². The van der Waals surface area contributed by atoms with E-state index < -0.39 is 11.7 Å². The predicted molar refractivity (Wildman–Crippen MR) is 117 cm³/mol. The molecule has 0 bridgehead atoms. The number of ether oxygens (including phenoxy) is 1. The molecule has 1 aliphatic heterocycles. The molecular formula is C23H33N3O4. The van der Waals surface area contributed by atoms with Crippen LogP contribution in [0.1, 0.15) is 51.2 Å². The SMILES string of the molecule is Cc1cccc(/C=C/C(=O)N2CCC(NC(=O)CCNC(=O)OC(C)(C)C)CC2)c1. The van der Waals surface area contributed by atoms with Crippen molar-refractivity contribution < 1.29 is 19.1 Å². The quantitative estimate of drug-likeness (QED) is 0.699. The molecular weight excluding hydrogens is 382 g/mol. The van der Waals surface area contributed by atoms with E-state index in [1.807, 2.05) is 37.3 Å². The molecule has 0 atom stereocenters. The van der Waals surface area contributed by atoms with Gasteiger partial charge in [-0.25, -0.2) is 4.79 Å². The first-order valence-electron chi connectivity index (χ1n) is 10.4. The highest BCUT2D eigenvalue weighted by Crippen LogP contribution is 2.12. The van der Waals surface area contributed by atoms with Crippen molar-refractivity contribution in [1.82, 2.24) is 15.5 Å². The molecule has 164 valence electrons. The van der Waals surface area contributed by atoms with Crippen LogP contribution in [0.15, 0.2) is 30.3 Å². The Bertz CT molecular complexity index is 775. The maximum Gasteiger partial charge on any atom is 0.407 e. The number of aryl methyl sites for hydroxylation is 1. The second kappa shape index (κ2) is 10.8. The summed E-state index contributed by atoms with van der Waals surface area (Å²) in [7, 11) is 0. The van der Waals surface area contributed by atoms with Gasteiger partial charge in [0.25, 0.3) is 0 Å². The average Bonchev–Trinajstić information content (AvgIpc) is 2.65. The van der Waals surface area contributed by atoms with Crippen molar-refractivity contribution >= 4 is 24.0 Å². The summed E-state index contributed by atoms with van der Waals surface area (Å²) in [4.78, 5) is 37.9. The molecule has 1 fully saturated rings. The van der Waals surface area contributed by atoms with Crippen LogP contribution in [0.25, 0.3) is 6.08 Å². The van der Waals surface area contributed by atoms with Crippen LogP contribution in [0.3, 0.4) is 0 Å². The van der Waals surface area contributed by atoms with E-state index in [4.69, 9.17) is 4.74 Å². The number of amides is 3. The summed E-state index contributed by atoms with van der Waals surface area (Å²) in [5.74, 6) is -0.127. The van der Waals surface area contributed by atoms with Gasteiger partial charge in [0.1, 0.15) is 5.60 Å². The first-order chi connectivity index (χ1) is 14.1. The Morgan fingerprint density at radius 1 is 1.20 bits per heavy atom. The lowest BCUT2D eigenvalue weighted by molar-refractivity contribution is -0.127. The zero-order chi connectivity index (χ0) is 22.1. The fourth-order valence-corrected chi connectivity index (χ4v) is 3.18. The number of nitrogens with one attached hydrogen (secondary N) is 2. The minimum atomic E-state index is -0.563. The topological polar surface area (TPSA) is 87.7 Å². The van der Waals surface area contributed by atoms with E-state index in [1.165, 1.54) is 0 Å². The summed E-state index contributed by atoms with van der Waals surface area (Å²) in [5.41, 5.74) is 1.60. The van der Waals surface area contributed by atoms with E-state index in [2.05, 4.69) is 10.6 Å². The molecule has 0 aliphatic carbocycles. The molecule has 0 unspecified atom stereocenters. The number of nitrogens with zero attached hydrogens (tertiary/aromatic N) is 1. The molecule has 1 aromatic rings. The van der Waals surface area contributed by atoms with Crippen molar-refractivity contribution in [2.24, 2.45) is 0 Å². The van der Waals surface area contributed by atoms with Gasteiger partial charge in [-0.1, -0.05) is 29.8 Å². The lowest BCUT2D eigenvalue weighted by Gasteiger charge is -2.31. The van der Waals surface area contributed by atoms with Gasteiger partial charge in [-0.3, -0.25) is 9.59 Å². The maximum atomic E-state index is 12.4. The van der Waals surface area contributed by atoms with Crippen molar-refractivity contribution in [2.75, 3.05) is 19.6 Å². The molecule has 0 saturated carbocycles. The van der Waals surface area contributed by atoms with Gasteiger partial charge in [-0.2, -0.15) is 0 Å². The molecule has 2 N–H and O–H groups in total. The predicted octanol–water partition coefficient (Wildman–Crippen LogP) is 3.03. The fraction of sp³-hybridized carbons (Fsp3) is 0.522. The molecule has 1 heterocycles. The molecule has 1 saturated heterocycles.